The minimum absolute atomic E-state index is 0.308. The van der Waals surface area contributed by atoms with Gasteiger partial charge in [-0.2, -0.15) is 5.26 Å². The predicted molar refractivity (Wildman–Crippen MR) is 19.5 cm³/mol. The number of hydrogen-bond donors (Lipinski definition) is 3. The van der Waals surface area contributed by atoms with Crippen LogP contribution in [-0.4, -0.2) is 11.2 Å². The lowest BCUT2D eigenvalue weighted by molar-refractivity contribution is -0.243. The van der Waals surface area contributed by atoms with Crippen molar-refractivity contribution in [3.63, 3.8) is 0 Å². The second-order valence-corrected chi connectivity index (χ2v) is 0.598. The van der Waals surface area contributed by atoms with E-state index in [1.54, 1.807) is 0 Å². The number of rotatable bonds is 1. The molecule has 0 aromatic heterocycles. The van der Waals surface area contributed by atoms with Crippen LogP contribution >= 0.6 is 0 Å². The zero-order valence-corrected chi connectivity index (χ0v) is 2.96. The van der Waals surface area contributed by atoms with Crippen LogP contribution in [-0.2, 0) is 4.99 Å². The largest absolute Gasteiger partial charge is 0.367 e. The Labute approximate surface area is 34.1 Å². The van der Waals surface area contributed by atoms with Gasteiger partial charge in [0.1, 0.15) is 0 Å². The van der Waals surface area contributed by atoms with Gasteiger partial charge in [0.25, 0.3) is 0 Å². The van der Waals surface area contributed by atoms with E-state index in [-0.39, 0.29) is 5.96 Å². The normalized spacial score (nSPS) is 6.83. The van der Waals surface area contributed by atoms with E-state index in [4.69, 9.17) is 5.26 Å². The van der Waals surface area contributed by atoms with Crippen molar-refractivity contribution in [1.29, 1.82) is 0 Å². The van der Waals surface area contributed by atoms with Crippen molar-refractivity contribution in [2.45, 2.75) is 0 Å². The van der Waals surface area contributed by atoms with Gasteiger partial charge in [-0.3, -0.25) is 0 Å². The van der Waals surface area contributed by atoms with Gasteiger partial charge < -0.3 is 11.5 Å². The summed E-state index contributed by atoms with van der Waals surface area (Å²) in [7, 11) is 0. The zero-order chi connectivity index (χ0) is 4.99. The molecule has 0 bridgehead atoms. The summed E-state index contributed by atoms with van der Waals surface area (Å²) in [6.45, 7) is 0. The average Bonchev–Trinajstić information content (AvgIpc) is 1.35. The van der Waals surface area contributed by atoms with Gasteiger partial charge in [0.15, 0.2) is 0 Å². The van der Waals surface area contributed by atoms with Crippen LogP contribution < -0.4 is 11.5 Å². The van der Waals surface area contributed by atoms with E-state index in [1.807, 2.05) is 0 Å². The van der Waals surface area contributed by atoms with Crippen molar-refractivity contribution in [2.75, 3.05) is 0 Å². The highest BCUT2D eigenvalue weighted by Crippen LogP contribution is 1.57. The third-order valence-electron chi connectivity index (χ3n) is 0.146. The fourth-order valence-electron chi connectivity index (χ4n) is 0.0471. The number of nitrogens with two attached hydrogens (primary N) is 2. The standard InChI is InChI=1S/CH5N3O2/c2-1(3)4-6-5/h5H,(H4,2,3,4). The first kappa shape index (κ1) is 5.03. The molecule has 0 heterocycles. The van der Waals surface area contributed by atoms with Crippen LogP contribution in [0.1, 0.15) is 0 Å². The quantitative estimate of drug-likeness (QED) is 0.161. The van der Waals surface area contributed by atoms with Gasteiger partial charge in [-0.25, -0.2) is 4.99 Å². The topological polar surface area (TPSA) is 93.9 Å². The van der Waals surface area contributed by atoms with E-state index in [2.05, 4.69) is 21.6 Å². The molecule has 5 nitrogen and oxygen atoms in total. The third kappa shape index (κ3) is 3.03. The van der Waals surface area contributed by atoms with Crippen LogP contribution in [0.5, 0.6) is 0 Å². The van der Waals surface area contributed by atoms with Gasteiger partial charge in [-0.05, 0) is 5.16 Å². The van der Waals surface area contributed by atoms with Crippen LogP contribution in [0.3, 0.4) is 0 Å². The molecule has 0 rings (SSSR count). The van der Waals surface area contributed by atoms with Gasteiger partial charge in [0.2, 0.25) is 5.96 Å². The molecule has 0 aromatic rings. The molecule has 0 fully saturated rings. The smallest absolute Gasteiger partial charge is 0.232 e. The first-order valence-electron chi connectivity index (χ1n) is 1.17. The van der Waals surface area contributed by atoms with Gasteiger partial charge >= 0.3 is 0 Å². The summed E-state index contributed by atoms with van der Waals surface area (Å²) in [4.78, 5) is 3.14. The molecule has 0 aliphatic heterocycles. The summed E-state index contributed by atoms with van der Waals surface area (Å²) >= 11 is 0. The maximum absolute atomic E-state index is 7.39. The fourth-order valence-corrected chi connectivity index (χ4v) is 0.0471. The zero-order valence-electron chi connectivity index (χ0n) is 2.96. The van der Waals surface area contributed by atoms with Crippen LogP contribution in [0.25, 0.3) is 0 Å². The number of nitrogens with zero attached hydrogens (tertiary/aromatic N) is 1. The van der Waals surface area contributed by atoms with Crippen molar-refractivity contribution in [3.8, 4) is 0 Å². The number of oxime groups is 1. The summed E-state index contributed by atoms with van der Waals surface area (Å²) in [5, 5.41) is 10.0. The van der Waals surface area contributed by atoms with Crippen molar-refractivity contribution in [1.82, 2.24) is 0 Å². The molecule has 0 aromatic carbocycles. The molecule has 36 valence electrons. The Hall–Kier alpha value is -0.970. The number of hydrogen-bond acceptors (Lipinski definition) is 3. The molecule has 0 spiro atoms. The fraction of sp³-hybridized carbons (Fsp3) is 0. The molecule has 5 heteroatoms. The predicted octanol–water partition coefficient (Wildman–Crippen LogP) is -1.34. The highest BCUT2D eigenvalue weighted by molar-refractivity contribution is 5.74. The molecular formula is CH5N3O2. The molecule has 0 amide bonds. The van der Waals surface area contributed by atoms with Gasteiger partial charge in [-0.1, -0.05) is 0 Å². The van der Waals surface area contributed by atoms with E-state index in [1.165, 1.54) is 0 Å². The molecule has 0 unspecified atom stereocenters. The lowest BCUT2D eigenvalue weighted by atomic mass is 11.1. The highest BCUT2D eigenvalue weighted by Gasteiger charge is 1.70. The third-order valence-corrected chi connectivity index (χ3v) is 0.146. The lowest BCUT2D eigenvalue weighted by Crippen LogP contribution is -2.22. The van der Waals surface area contributed by atoms with Crippen molar-refractivity contribution in [2.24, 2.45) is 16.6 Å². The second kappa shape index (κ2) is 2.28. The first-order valence-corrected chi connectivity index (χ1v) is 1.17. The van der Waals surface area contributed by atoms with Gasteiger partial charge in [0.05, 0.1) is 0 Å². The van der Waals surface area contributed by atoms with Crippen molar-refractivity contribution >= 4 is 5.96 Å². The van der Waals surface area contributed by atoms with Gasteiger partial charge in [-0.15, -0.1) is 0 Å². The highest BCUT2D eigenvalue weighted by atomic mass is 17.2. The summed E-state index contributed by atoms with van der Waals surface area (Å²) in [5.41, 5.74) is 9.29. The molecule has 5 N–H and O–H groups in total. The molecule has 0 radical (unpaired) electrons. The van der Waals surface area contributed by atoms with Crippen molar-refractivity contribution < 1.29 is 10.2 Å². The Morgan fingerprint density at radius 2 is 2.17 bits per heavy atom. The lowest BCUT2D eigenvalue weighted by Gasteiger charge is -1.81. The van der Waals surface area contributed by atoms with Crippen LogP contribution in [0.4, 0.5) is 0 Å². The number of guanidine groups is 1. The Morgan fingerprint density at radius 3 is 2.17 bits per heavy atom. The van der Waals surface area contributed by atoms with Crippen LogP contribution in [0.15, 0.2) is 5.16 Å². The first-order chi connectivity index (χ1) is 2.77. The molecule has 0 saturated carbocycles. The summed E-state index contributed by atoms with van der Waals surface area (Å²) in [6.07, 6.45) is 0. The SMILES string of the molecule is NC(N)=NOO. The Bertz CT molecular complexity index is 55.8. The van der Waals surface area contributed by atoms with Crippen molar-refractivity contribution in [3.05, 3.63) is 0 Å². The van der Waals surface area contributed by atoms with Crippen LogP contribution in [0, 0.1) is 0 Å². The minimum atomic E-state index is -0.308. The maximum atomic E-state index is 7.39. The van der Waals surface area contributed by atoms with E-state index in [9.17, 15) is 0 Å². The molecule has 0 saturated heterocycles. The summed E-state index contributed by atoms with van der Waals surface area (Å²) in [5.74, 6) is -0.308. The Balaban J connectivity index is 3.14. The molecule has 0 atom stereocenters. The molecular weight excluding hydrogens is 86.0 g/mol. The second-order valence-electron chi connectivity index (χ2n) is 0.598. The molecule has 0 aliphatic carbocycles. The van der Waals surface area contributed by atoms with Gasteiger partial charge in [0, 0.05) is 0 Å². The average molecular weight is 91.1 g/mol. The summed E-state index contributed by atoms with van der Waals surface area (Å²) < 4.78 is 0. The Morgan fingerprint density at radius 1 is 1.67 bits per heavy atom. The molecule has 6 heavy (non-hydrogen) atoms. The Kier molecular flexibility index (Phi) is 1.91. The van der Waals surface area contributed by atoms with E-state index < -0.39 is 0 Å². The monoisotopic (exact) mass is 91.0 g/mol. The van der Waals surface area contributed by atoms with E-state index in [0.29, 0.717) is 0 Å². The summed E-state index contributed by atoms with van der Waals surface area (Å²) in [6, 6.07) is 0. The van der Waals surface area contributed by atoms with E-state index >= 15 is 0 Å². The minimum Gasteiger partial charge on any atom is -0.367 e. The van der Waals surface area contributed by atoms with E-state index in [0.717, 1.165) is 0 Å². The maximum Gasteiger partial charge on any atom is 0.232 e. The van der Waals surface area contributed by atoms with Crippen LogP contribution in [0.2, 0.25) is 0 Å². The molecule has 0 aliphatic rings.